The number of ether oxygens (including phenoxy) is 1. The summed E-state index contributed by atoms with van der Waals surface area (Å²) in [4.78, 5) is 41.4. The number of aromatic amines is 1. The van der Waals surface area contributed by atoms with Gasteiger partial charge in [0.1, 0.15) is 5.54 Å². The minimum Gasteiger partial charge on any atom is -0.378 e. The Labute approximate surface area is 277 Å². The van der Waals surface area contributed by atoms with Gasteiger partial charge >= 0.3 is 0 Å². The van der Waals surface area contributed by atoms with Gasteiger partial charge in [-0.2, -0.15) is 0 Å². The van der Waals surface area contributed by atoms with Gasteiger partial charge in [-0.3, -0.25) is 14.6 Å². The van der Waals surface area contributed by atoms with Crippen LogP contribution in [0.1, 0.15) is 75.1 Å². The average Bonchev–Trinajstić information content (AvgIpc) is 3.44. The number of anilines is 2. The Hall–Kier alpha value is -4.17. The number of nitrogens with one attached hydrogen (secondary N) is 2. The van der Waals surface area contributed by atoms with E-state index in [0.29, 0.717) is 25.8 Å². The molecule has 1 aliphatic heterocycles. The smallest absolute Gasteiger partial charge is 0.250 e. The number of para-hydroxylation sites is 1. The molecule has 2 aromatic heterocycles. The van der Waals surface area contributed by atoms with Gasteiger partial charge in [0.05, 0.1) is 13.2 Å². The van der Waals surface area contributed by atoms with Crippen LogP contribution in [0.3, 0.4) is 0 Å². The Bertz CT molecular complexity index is 1720. The van der Waals surface area contributed by atoms with Crippen molar-refractivity contribution in [1.82, 2.24) is 14.9 Å². The van der Waals surface area contributed by atoms with E-state index < -0.39 is 5.54 Å². The van der Waals surface area contributed by atoms with Gasteiger partial charge < -0.3 is 24.8 Å². The normalized spacial score (nSPS) is 21.7. The van der Waals surface area contributed by atoms with Gasteiger partial charge in [0, 0.05) is 66.4 Å². The minimum absolute atomic E-state index is 0.0322. The van der Waals surface area contributed by atoms with Crippen molar-refractivity contribution in [2.45, 2.75) is 77.3 Å². The number of carbonyl (C=O) groups is 2. The first-order valence-electron chi connectivity index (χ1n) is 17.3. The van der Waals surface area contributed by atoms with Crippen LogP contribution in [-0.4, -0.2) is 58.5 Å². The molecule has 8 nitrogen and oxygen atoms in total. The molecule has 2 amide bonds. The van der Waals surface area contributed by atoms with Gasteiger partial charge in [0.25, 0.3) is 0 Å². The number of rotatable bonds is 9. The fraction of sp³-hybridized carbons (Fsp3) is 0.462. The van der Waals surface area contributed by atoms with Crippen LogP contribution in [0.5, 0.6) is 0 Å². The van der Waals surface area contributed by atoms with Crippen LogP contribution in [0.2, 0.25) is 0 Å². The fourth-order valence-electron chi connectivity index (χ4n) is 8.43. The number of aryl methyl sites for hydroxylation is 1. The maximum absolute atomic E-state index is 14.7. The third-order valence-electron chi connectivity index (χ3n) is 11.2. The molecule has 1 saturated heterocycles. The summed E-state index contributed by atoms with van der Waals surface area (Å²) in [7, 11) is 0. The predicted molar refractivity (Wildman–Crippen MR) is 186 cm³/mol. The van der Waals surface area contributed by atoms with Crippen molar-refractivity contribution in [1.29, 1.82) is 0 Å². The van der Waals surface area contributed by atoms with E-state index >= 15 is 0 Å². The second-order valence-corrected chi connectivity index (χ2v) is 14.4. The summed E-state index contributed by atoms with van der Waals surface area (Å²) >= 11 is 0. The van der Waals surface area contributed by atoms with Crippen molar-refractivity contribution in [2.75, 3.05) is 36.5 Å². The molecule has 4 aromatic rings. The van der Waals surface area contributed by atoms with E-state index in [4.69, 9.17) is 4.74 Å². The third-order valence-corrected chi connectivity index (χ3v) is 11.2. The fourth-order valence-corrected chi connectivity index (χ4v) is 8.43. The lowest BCUT2D eigenvalue weighted by molar-refractivity contribution is -0.149. The van der Waals surface area contributed by atoms with Crippen molar-refractivity contribution in [3.63, 3.8) is 0 Å². The van der Waals surface area contributed by atoms with Crippen molar-refractivity contribution < 1.29 is 14.3 Å². The molecular weight excluding hydrogens is 586 g/mol. The SMILES string of the molecule is Cc1[nH]c2ccccc2c1[C@H]1[C@H](CC(=O)N(Cc2cccnc2)C2(C(=O)Nc3ccc(N4CCOCC4)cc3)CCCCC2)C1(C)C. The molecule has 0 spiro atoms. The maximum Gasteiger partial charge on any atom is 0.250 e. The minimum atomic E-state index is -0.931. The molecule has 0 bridgehead atoms. The van der Waals surface area contributed by atoms with Gasteiger partial charge in [-0.25, -0.2) is 0 Å². The molecule has 3 heterocycles. The molecule has 3 fully saturated rings. The maximum atomic E-state index is 14.7. The van der Waals surface area contributed by atoms with E-state index in [2.05, 4.69) is 77.4 Å². The van der Waals surface area contributed by atoms with Crippen LogP contribution in [-0.2, 0) is 20.9 Å². The second-order valence-electron chi connectivity index (χ2n) is 14.4. The third kappa shape index (κ3) is 6.04. The molecule has 2 N–H and O–H groups in total. The second kappa shape index (κ2) is 12.8. The van der Waals surface area contributed by atoms with Crippen LogP contribution in [0.15, 0.2) is 73.1 Å². The van der Waals surface area contributed by atoms with Crippen LogP contribution in [0, 0.1) is 18.3 Å². The first kappa shape index (κ1) is 31.4. The van der Waals surface area contributed by atoms with E-state index in [1.165, 1.54) is 16.6 Å². The topological polar surface area (TPSA) is 90.6 Å². The molecule has 246 valence electrons. The zero-order valence-electron chi connectivity index (χ0n) is 27.9. The summed E-state index contributed by atoms with van der Waals surface area (Å²) in [5, 5.41) is 4.50. The highest BCUT2D eigenvalue weighted by Gasteiger charge is 2.60. The highest BCUT2D eigenvalue weighted by molar-refractivity contribution is 6.01. The van der Waals surface area contributed by atoms with Gasteiger partial charge in [-0.05, 0) is 84.5 Å². The molecule has 8 heteroatoms. The molecular formula is C39H47N5O3. The van der Waals surface area contributed by atoms with Gasteiger partial charge in [0.2, 0.25) is 11.8 Å². The van der Waals surface area contributed by atoms with Gasteiger partial charge in [0.15, 0.2) is 0 Å². The van der Waals surface area contributed by atoms with Crippen LogP contribution in [0.4, 0.5) is 11.4 Å². The number of fused-ring (bicyclic) bond motifs is 1. The number of hydrogen-bond acceptors (Lipinski definition) is 5. The Morgan fingerprint density at radius 3 is 2.47 bits per heavy atom. The number of amides is 2. The van der Waals surface area contributed by atoms with Crippen LogP contribution >= 0.6 is 0 Å². The molecule has 2 aliphatic carbocycles. The van der Waals surface area contributed by atoms with E-state index in [1.807, 2.05) is 35.4 Å². The lowest BCUT2D eigenvalue weighted by atomic mass is 9.78. The lowest BCUT2D eigenvalue weighted by Gasteiger charge is -2.45. The molecule has 7 rings (SSSR count). The molecule has 3 aliphatic rings. The quantitative estimate of drug-likeness (QED) is 0.203. The summed E-state index contributed by atoms with van der Waals surface area (Å²) in [5.74, 6) is 0.406. The van der Waals surface area contributed by atoms with Crippen LogP contribution in [0.25, 0.3) is 10.9 Å². The first-order valence-corrected chi connectivity index (χ1v) is 17.3. The molecule has 47 heavy (non-hydrogen) atoms. The zero-order chi connectivity index (χ0) is 32.6. The number of H-pyrrole nitrogens is 1. The van der Waals surface area contributed by atoms with Crippen molar-refractivity contribution in [2.24, 2.45) is 11.3 Å². The number of benzene rings is 2. The van der Waals surface area contributed by atoms with Crippen LogP contribution < -0.4 is 10.2 Å². The molecule has 0 radical (unpaired) electrons. The molecule has 2 atom stereocenters. The van der Waals surface area contributed by atoms with Crippen molar-refractivity contribution in [3.8, 4) is 0 Å². The molecule has 0 unspecified atom stereocenters. The average molecular weight is 634 g/mol. The number of carbonyl (C=O) groups excluding carboxylic acids is 2. The van der Waals surface area contributed by atoms with Crippen molar-refractivity contribution >= 4 is 34.1 Å². The summed E-state index contributed by atoms with van der Waals surface area (Å²) in [6, 6.07) is 20.5. The van der Waals surface area contributed by atoms with Gasteiger partial charge in [-0.15, -0.1) is 0 Å². The Morgan fingerprint density at radius 2 is 1.74 bits per heavy atom. The predicted octanol–water partition coefficient (Wildman–Crippen LogP) is 7.21. The number of nitrogens with zero attached hydrogens (tertiary/aromatic N) is 3. The monoisotopic (exact) mass is 633 g/mol. The Morgan fingerprint density at radius 1 is 1.00 bits per heavy atom. The van der Waals surface area contributed by atoms with E-state index in [1.54, 1.807) is 6.20 Å². The van der Waals surface area contributed by atoms with E-state index in [9.17, 15) is 9.59 Å². The summed E-state index contributed by atoms with van der Waals surface area (Å²) < 4.78 is 5.51. The summed E-state index contributed by atoms with van der Waals surface area (Å²) in [5.41, 5.74) is 5.49. The summed E-state index contributed by atoms with van der Waals surface area (Å²) in [6.07, 6.45) is 8.15. The van der Waals surface area contributed by atoms with Crippen molar-refractivity contribution in [3.05, 3.63) is 89.9 Å². The van der Waals surface area contributed by atoms with E-state index in [0.717, 1.165) is 68.0 Å². The number of hydrogen-bond donors (Lipinski definition) is 2. The van der Waals surface area contributed by atoms with Gasteiger partial charge in [-0.1, -0.05) is 57.4 Å². The Kier molecular flexibility index (Phi) is 8.56. The number of morpholine rings is 1. The number of aromatic nitrogens is 2. The largest absolute Gasteiger partial charge is 0.378 e. The zero-order valence-corrected chi connectivity index (χ0v) is 27.9. The highest BCUT2D eigenvalue weighted by Crippen LogP contribution is 2.67. The Balaban J connectivity index is 1.17. The standard InChI is InChI=1S/C39H47N5O3/c1-27-35(31-11-5-6-12-33(31)41-27)36-32(38(36,2)3)24-34(45)44(26-28-10-9-19-40-25-28)39(17-7-4-8-18-39)37(46)42-29-13-15-30(16-14-29)43-20-22-47-23-21-43/h5-6,9-16,19,25,32,36,41H,4,7-8,17-18,20-24,26H2,1-3H3,(H,42,46)/t32-,36+/m0/s1. The highest BCUT2D eigenvalue weighted by atomic mass is 16.5. The lowest BCUT2D eigenvalue weighted by Crippen LogP contribution is -2.59. The number of pyridine rings is 1. The van der Waals surface area contributed by atoms with E-state index in [-0.39, 0.29) is 29.1 Å². The molecule has 2 saturated carbocycles. The first-order chi connectivity index (χ1) is 22.8. The molecule has 2 aromatic carbocycles. The summed E-state index contributed by atoms with van der Waals surface area (Å²) in [6.45, 7) is 10.2.